The maximum Gasteiger partial charge on any atom is 0.260 e. The molecule has 0 unspecified atom stereocenters. The largest absolute Gasteiger partial charge is 0.468 e. The number of imidazole rings is 1. The Morgan fingerprint density at radius 2 is 2.37 bits per heavy atom. The standard InChI is InChI=1S/C10H8ClN3O3S2/c11-8-9(14-3-5-18-10(14)13-8)19(15,16)12-6-7-2-1-4-17-7/h1-5,12H,6H2. The van der Waals surface area contributed by atoms with Gasteiger partial charge in [0, 0.05) is 11.6 Å². The summed E-state index contributed by atoms with van der Waals surface area (Å²) in [6.07, 6.45) is 3.09. The summed E-state index contributed by atoms with van der Waals surface area (Å²) in [6.45, 7) is 0.0586. The summed E-state index contributed by atoms with van der Waals surface area (Å²) in [4.78, 5) is 4.52. The molecule has 0 aliphatic heterocycles. The van der Waals surface area contributed by atoms with Crippen LogP contribution in [0.3, 0.4) is 0 Å². The Morgan fingerprint density at radius 3 is 3.11 bits per heavy atom. The van der Waals surface area contributed by atoms with E-state index in [4.69, 9.17) is 16.0 Å². The molecule has 0 saturated heterocycles. The molecule has 0 radical (unpaired) electrons. The highest BCUT2D eigenvalue weighted by Gasteiger charge is 2.24. The normalized spacial score (nSPS) is 12.3. The zero-order valence-electron chi connectivity index (χ0n) is 9.41. The van der Waals surface area contributed by atoms with E-state index < -0.39 is 10.0 Å². The fourth-order valence-corrected chi connectivity index (χ4v) is 4.07. The van der Waals surface area contributed by atoms with Gasteiger partial charge in [0.25, 0.3) is 10.0 Å². The Bertz CT molecular complexity index is 804. The van der Waals surface area contributed by atoms with Crippen LogP contribution in [0.2, 0.25) is 5.15 Å². The van der Waals surface area contributed by atoms with Gasteiger partial charge < -0.3 is 4.42 Å². The second-order valence-electron chi connectivity index (χ2n) is 3.67. The summed E-state index contributed by atoms with van der Waals surface area (Å²) in [6, 6.07) is 3.37. The van der Waals surface area contributed by atoms with Gasteiger partial charge in [-0.1, -0.05) is 11.6 Å². The first-order chi connectivity index (χ1) is 9.08. The van der Waals surface area contributed by atoms with Gasteiger partial charge in [0.05, 0.1) is 12.8 Å². The van der Waals surface area contributed by atoms with Gasteiger partial charge in [0.2, 0.25) is 0 Å². The van der Waals surface area contributed by atoms with Crippen LogP contribution >= 0.6 is 22.9 Å². The molecule has 19 heavy (non-hydrogen) atoms. The van der Waals surface area contributed by atoms with Gasteiger partial charge in [-0.3, -0.25) is 4.40 Å². The number of aromatic nitrogens is 2. The van der Waals surface area contributed by atoms with Gasteiger partial charge in [-0.15, -0.1) is 11.3 Å². The second-order valence-corrected chi connectivity index (χ2v) is 6.58. The first-order valence-electron chi connectivity index (χ1n) is 5.21. The van der Waals surface area contributed by atoms with Crippen molar-refractivity contribution in [2.75, 3.05) is 0 Å². The molecule has 0 spiro atoms. The van der Waals surface area contributed by atoms with Crippen LogP contribution in [0.25, 0.3) is 4.96 Å². The molecule has 0 amide bonds. The van der Waals surface area contributed by atoms with Gasteiger partial charge in [-0.25, -0.2) is 18.1 Å². The molecule has 0 aliphatic rings. The molecular formula is C10H8ClN3O3S2. The SMILES string of the molecule is O=S(=O)(NCc1ccco1)c1c(Cl)nc2sccn12. The van der Waals surface area contributed by atoms with Crippen LogP contribution in [0.4, 0.5) is 0 Å². The van der Waals surface area contributed by atoms with Gasteiger partial charge in [-0.05, 0) is 12.1 Å². The van der Waals surface area contributed by atoms with Crippen LogP contribution in [0.5, 0.6) is 0 Å². The third-order valence-electron chi connectivity index (χ3n) is 2.45. The van der Waals surface area contributed by atoms with E-state index in [1.165, 1.54) is 22.0 Å². The zero-order valence-corrected chi connectivity index (χ0v) is 11.8. The van der Waals surface area contributed by atoms with Gasteiger partial charge in [0.1, 0.15) is 5.76 Å². The predicted molar refractivity (Wildman–Crippen MR) is 70.8 cm³/mol. The Labute approximate surface area is 117 Å². The van der Waals surface area contributed by atoms with Crippen molar-refractivity contribution in [2.24, 2.45) is 0 Å². The fraction of sp³-hybridized carbons (Fsp3) is 0.100. The number of nitrogens with zero attached hydrogens (tertiary/aromatic N) is 2. The molecule has 100 valence electrons. The van der Waals surface area contributed by atoms with E-state index in [-0.39, 0.29) is 16.7 Å². The summed E-state index contributed by atoms with van der Waals surface area (Å²) < 4.78 is 33.4. The van der Waals surface area contributed by atoms with E-state index in [0.717, 1.165) is 0 Å². The van der Waals surface area contributed by atoms with Crippen molar-refractivity contribution in [3.8, 4) is 0 Å². The predicted octanol–water partition coefficient (Wildman–Crippen LogP) is 2.12. The lowest BCUT2D eigenvalue weighted by Crippen LogP contribution is -2.24. The number of rotatable bonds is 4. The number of halogens is 1. The van der Waals surface area contributed by atoms with Crippen LogP contribution in [-0.4, -0.2) is 17.8 Å². The lowest BCUT2D eigenvalue weighted by molar-refractivity contribution is 0.498. The third kappa shape index (κ3) is 2.27. The number of hydrogen-bond donors (Lipinski definition) is 1. The summed E-state index contributed by atoms with van der Waals surface area (Å²) in [7, 11) is -3.76. The van der Waals surface area contributed by atoms with Gasteiger partial charge >= 0.3 is 0 Å². The molecular weight excluding hydrogens is 310 g/mol. The van der Waals surface area contributed by atoms with Crippen LogP contribution in [-0.2, 0) is 16.6 Å². The summed E-state index contributed by atoms with van der Waals surface area (Å²) in [5, 5.41) is 1.64. The van der Waals surface area contributed by atoms with Crippen LogP contribution in [0.1, 0.15) is 5.76 Å². The van der Waals surface area contributed by atoms with E-state index in [0.29, 0.717) is 10.7 Å². The third-order valence-corrected chi connectivity index (χ3v) is 5.01. The zero-order chi connectivity index (χ0) is 13.5. The van der Waals surface area contributed by atoms with Crippen molar-refractivity contribution < 1.29 is 12.8 Å². The molecule has 3 heterocycles. The minimum absolute atomic E-state index is 0.0428. The highest BCUT2D eigenvalue weighted by atomic mass is 35.5. The Balaban J connectivity index is 1.95. The molecule has 3 rings (SSSR count). The van der Waals surface area contributed by atoms with E-state index >= 15 is 0 Å². The number of thiazole rings is 1. The van der Waals surface area contributed by atoms with Crippen molar-refractivity contribution >= 4 is 37.9 Å². The Morgan fingerprint density at radius 1 is 1.53 bits per heavy atom. The minimum atomic E-state index is -3.76. The van der Waals surface area contributed by atoms with Crippen molar-refractivity contribution in [1.29, 1.82) is 0 Å². The molecule has 3 aromatic heterocycles. The first-order valence-corrected chi connectivity index (χ1v) is 7.95. The summed E-state index contributed by atoms with van der Waals surface area (Å²) >= 11 is 7.20. The number of sulfonamides is 1. The average molecular weight is 318 g/mol. The molecule has 0 saturated carbocycles. The lowest BCUT2D eigenvalue weighted by Gasteiger charge is -2.04. The molecule has 6 nitrogen and oxygen atoms in total. The summed E-state index contributed by atoms with van der Waals surface area (Å²) in [5.41, 5.74) is 0. The maximum atomic E-state index is 12.2. The van der Waals surface area contributed by atoms with E-state index in [2.05, 4.69) is 9.71 Å². The second kappa shape index (κ2) is 4.64. The topological polar surface area (TPSA) is 76.6 Å². The molecule has 0 aliphatic carbocycles. The minimum Gasteiger partial charge on any atom is -0.468 e. The van der Waals surface area contributed by atoms with E-state index in [9.17, 15) is 8.42 Å². The molecule has 3 aromatic rings. The number of hydrogen-bond acceptors (Lipinski definition) is 5. The quantitative estimate of drug-likeness (QED) is 0.799. The molecule has 1 N–H and O–H groups in total. The first kappa shape index (κ1) is 12.7. The molecule has 0 bridgehead atoms. The number of nitrogens with one attached hydrogen (secondary N) is 1. The van der Waals surface area contributed by atoms with Crippen molar-refractivity contribution in [1.82, 2.24) is 14.1 Å². The van der Waals surface area contributed by atoms with Crippen molar-refractivity contribution in [3.63, 3.8) is 0 Å². The van der Waals surface area contributed by atoms with Crippen molar-refractivity contribution in [2.45, 2.75) is 11.6 Å². The van der Waals surface area contributed by atoms with Crippen LogP contribution in [0.15, 0.2) is 39.4 Å². The molecule has 9 heteroatoms. The number of furan rings is 1. The van der Waals surface area contributed by atoms with E-state index in [1.807, 2.05) is 0 Å². The Kier molecular flexibility index (Phi) is 3.09. The maximum absolute atomic E-state index is 12.2. The van der Waals surface area contributed by atoms with Gasteiger partial charge in [0.15, 0.2) is 15.1 Å². The Hall–Kier alpha value is -1.35. The molecule has 0 fully saturated rings. The van der Waals surface area contributed by atoms with Crippen molar-refractivity contribution in [3.05, 3.63) is 40.9 Å². The number of fused-ring (bicyclic) bond motifs is 1. The lowest BCUT2D eigenvalue weighted by atomic mass is 10.5. The molecule has 0 aromatic carbocycles. The fourth-order valence-electron chi connectivity index (χ4n) is 1.63. The highest BCUT2D eigenvalue weighted by molar-refractivity contribution is 7.89. The van der Waals surface area contributed by atoms with Gasteiger partial charge in [-0.2, -0.15) is 0 Å². The molecule has 0 atom stereocenters. The van der Waals surface area contributed by atoms with Crippen LogP contribution < -0.4 is 4.72 Å². The van der Waals surface area contributed by atoms with E-state index in [1.54, 1.807) is 23.7 Å². The summed E-state index contributed by atoms with van der Waals surface area (Å²) in [5.74, 6) is 0.519. The smallest absolute Gasteiger partial charge is 0.260 e. The van der Waals surface area contributed by atoms with Crippen LogP contribution in [0, 0.1) is 0 Å². The monoisotopic (exact) mass is 317 g/mol. The highest BCUT2D eigenvalue weighted by Crippen LogP contribution is 2.25. The average Bonchev–Trinajstić information content (AvgIpc) is 3.01.